The van der Waals surface area contributed by atoms with E-state index < -0.39 is 0 Å². The van der Waals surface area contributed by atoms with Crippen molar-refractivity contribution >= 4 is 23.5 Å². The van der Waals surface area contributed by atoms with Crippen LogP contribution in [0.25, 0.3) is 0 Å². The molecule has 0 unspecified atom stereocenters. The van der Waals surface area contributed by atoms with E-state index >= 15 is 0 Å². The molecule has 0 spiro atoms. The number of hydrogen-bond acceptors (Lipinski definition) is 4. The summed E-state index contributed by atoms with van der Waals surface area (Å²) in [5, 5.41) is 6.07. The lowest BCUT2D eigenvalue weighted by atomic mass is 10.1. The molecule has 3 rings (SSSR count). The number of aliphatic imine (C=N–C) groups is 1. The molecule has 0 saturated heterocycles. The van der Waals surface area contributed by atoms with E-state index in [-0.39, 0.29) is 5.91 Å². The molecule has 3 aromatic carbocycles. The van der Waals surface area contributed by atoms with Gasteiger partial charge in [-0.3, -0.25) is 9.79 Å². The van der Waals surface area contributed by atoms with Crippen LogP contribution in [-0.4, -0.2) is 18.7 Å². The molecule has 0 bridgehead atoms. The fraction of sp³-hybridized carbons (Fsp3) is 0.111. The Morgan fingerprint density at radius 1 is 0.969 bits per heavy atom. The fourth-order valence-corrected chi connectivity index (χ4v) is 2.77. The number of carbonyl (C=O) groups excluding carboxylic acids is 1. The summed E-state index contributed by atoms with van der Waals surface area (Å²) in [7, 11) is 0. The Morgan fingerprint density at radius 3 is 2.28 bits per heavy atom. The van der Waals surface area contributed by atoms with Gasteiger partial charge in [0.05, 0.1) is 11.9 Å². The highest BCUT2D eigenvalue weighted by Crippen LogP contribution is 2.17. The summed E-state index contributed by atoms with van der Waals surface area (Å²) in [4.78, 5) is 16.1. The molecule has 0 aliphatic heterocycles. The first-order valence-corrected chi connectivity index (χ1v) is 10.4. The van der Waals surface area contributed by atoms with Crippen LogP contribution in [0.1, 0.15) is 12.5 Å². The predicted molar refractivity (Wildman–Crippen MR) is 131 cm³/mol. The molecule has 0 aliphatic rings. The topological polar surface area (TPSA) is 62.7 Å². The lowest BCUT2D eigenvalue weighted by Crippen LogP contribution is -2.25. The van der Waals surface area contributed by atoms with Crippen molar-refractivity contribution in [1.82, 2.24) is 5.32 Å². The van der Waals surface area contributed by atoms with Crippen molar-refractivity contribution in [2.75, 3.05) is 11.9 Å². The molecule has 2 N–H and O–H groups in total. The Morgan fingerprint density at radius 2 is 1.62 bits per heavy atom. The number of allylic oxidation sites excluding steroid dienone is 1. The number of nitrogens with zero attached hydrogens (tertiary/aromatic N) is 1. The molecule has 0 saturated carbocycles. The lowest BCUT2D eigenvalue weighted by molar-refractivity contribution is -0.117. The van der Waals surface area contributed by atoms with Crippen LogP contribution in [0.5, 0.6) is 5.75 Å². The summed E-state index contributed by atoms with van der Waals surface area (Å²) in [6.07, 6.45) is 4.20. The highest BCUT2D eigenvalue weighted by atomic mass is 16.5. The van der Waals surface area contributed by atoms with Crippen LogP contribution in [-0.2, 0) is 11.2 Å². The first kappa shape index (κ1) is 22.6. The molecule has 0 fully saturated rings. The van der Waals surface area contributed by atoms with Crippen LogP contribution < -0.4 is 15.4 Å². The number of para-hydroxylation sites is 2. The van der Waals surface area contributed by atoms with Gasteiger partial charge in [0.25, 0.3) is 0 Å². The SMILES string of the molecule is C=C(C)C(=O)NCCc1ccc(O/C(C=Nc2ccccc2)=C\Nc2ccccc2)cc1. The number of rotatable bonds is 10. The van der Waals surface area contributed by atoms with Crippen LogP contribution in [0.3, 0.4) is 0 Å². The third-order valence-corrected chi connectivity index (χ3v) is 4.50. The van der Waals surface area contributed by atoms with Crippen molar-refractivity contribution in [2.24, 2.45) is 4.99 Å². The highest BCUT2D eigenvalue weighted by molar-refractivity contribution is 5.92. The Balaban J connectivity index is 1.66. The molecule has 0 atom stereocenters. The third-order valence-electron chi connectivity index (χ3n) is 4.50. The monoisotopic (exact) mass is 425 g/mol. The number of nitrogens with one attached hydrogen (secondary N) is 2. The second kappa shape index (κ2) is 11.9. The summed E-state index contributed by atoms with van der Waals surface area (Å²) >= 11 is 0. The maximum atomic E-state index is 11.6. The summed E-state index contributed by atoms with van der Waals surface area (Å²) in [5.74, 6) is 1.14. The minimum atomic E-state index is -0.122. The van der Waals surface area contributed by atoms with Gasteiger partial charge in [-0.1, -0.05) is 55.1 Å². The van der Waals surface area contributed by atoms with Gasteiger partial charge in [0.15, 0.2) is 5.76 Å². The van der Waals surface area contributed by atoms with Gasteiger partial charge in [-0.2, -0.15) is 0 Å². The van der Waals surface area contributed by atoms with Gasteiger partial charge in [-0.05, 0) is 55.3 Å². The molecule has 32 heavy (non-hydrogen) atoms. The van der Waals surface area contributed by atoms with Crippen molar-refractivity contribution in [1.29, 1.82) is 0 Å². The summed E-state index contributed by atoms with van der Waals surface area (Å²) < 4.78 is 6.06. The largest absolute Gasteiger partial charge is 0.454 e. The Kier molecular flexibility index (Phi) is 8.40. The first-order chi connectivity index (χ1) is 15.6. The standard InChI is InChI=1S/C27H27N3O2/c1-21(2)27(31)28-18-17-22-13-15-25(16-14-22)32-26(19-29-23-9-5-3-6-10-23)20-30-24-11-7-4-8-12-24/h3-16,19-20,29H,1,17-18H2,2H3,(H,28,31)/b26-19-,30-20?. The normalized spacial score (nSPS) is 11.2. The summed E-state index contributed by atoms with van der Waals surface area (Å²) in [5.41, 5.74) is 3.40. The van der Waals surface area contributed by atoms with Crippen molar-refractivity contribution in [2.45, 2.75) is 13.3 Å². The van der Waals surface area contributed by atoms with Crippen molar-refractivity contribution in [3.63, 3.8) is 0 Å². The fourth-order valence-electron chi connectivity index (χ4n) is 2.77. The maximum absolute atomic E-state index is 11.6. The number of ether oxygens (including phenoxy) is 1. The molecule has 5 nitrogen and oxygen atoms in total. The number of hydrogen-bond donors (Lipinski definition) is 2. The van der Waals surface area contributed by atoms with Crippen LogP contribution in [0.2, 0.25) is 0 Å². The van der Waals surface area contributed by atoms with Crippen LogP contribution in [0.15, 0.2) is 114 Å². The third kappa shape index (κ3) is 7.61. The average molecular weight is 426 g/mol. The van der Waals surface area contributed by atoms with Gasteiger partial charge in [-0.25, -0.2) is 0 Å². The minimum Gasteiger partial charge on any atom is -0.454 e. The van der Waals surface area contributed by atoms with Crippen LogP contribution in [0, 0.1) is 0 Å². The lowest BCUT2D eigenvalue weighted by Gasteiger charge is -2.09. The van der Waals surface area contributed by atoms with Gasteiger partial charge in [0, 0.05) is 24.0 Å². The van der Waals surface area contributed by atoms with Gasteiger partial charge in [0.2, 0.25) is 5.91 Å². The van der Waals surface area contributed by atoms with Gasteiger partial charge in [-0.15, -0.1) is 0 Å². The van der Waals surface area contributed by atoms with Crippen LogP contribution in [0.4, 0.5) is 11.4 Å². The molecule has 3 aromatic rings. The second-order valence-corrected chi connectivity index (χ2v) is 7.18. The molecular formula is C27H27N3O2. The zero-order chi connectivity index (χ0) is 22.6. The van der Waals surface area contributed by atoms with E-state index in [0.717, 1.165) is 23.4 Å². The molecule has 5 heteroatoms. The van der Waals surface area contributed by atoms with Crippen molar-refractivity contribution in [3.8, 4) is 5.75 Å². The van der Waals surface area contributed by atoms with E-state index in [9.17, 15) is 4.79 Å². The van der Waals surface area contributed by atoms with Gasteiger partial charge in [0.1, 0.15) is 5.75 Å². The Hall–Kier alpha value is -4.12. The van der Waals surface area contributed by atoms with Crippen molar-refractivity contribution in [3.05, 3.63) is 115 Å². The summed E-state index contributed by atoms with van der Waals surface area (Å²) in [6, 6.07) is 27.3. The average Bonchev–Trinajstić information content (AvgIpc) is 2.83. The Labute approximate surface area is 189 Å². The van der Waals surface area contributed by atoms with E-state index in [4.69, 9.17) is 4.74 Å². The minimum absolute atomic E-state index is 0.122. The molecular weight excluding hydrogens is 398 g/mol. The summed E-state index contributed by atoms with van der Waals surface area (Å²) in [6.45, 7) is 5.89. The molecule has 0 heterocycles. The number of carbonyl (C=O) groups is 1. The van der Waals surface area contributed by atoms with Gasteiger partial charge >= 0.3 is 0 Å². The second-order valence-electron chi connectivity index (χ2n) is 7.18. The van der Waals surface area contributed by atoms with E-state index in [2.05, 4.69) is 22.2 Å². The molecule has 0 aliphatic carbocycles. The number of benzene rings is 3. The smallest absolute Gasteiger partial charge is 0.246 e. The quantitative estimate of drug-likeness (QED) is 0.250. The molecule has 1 amide bonds. The van der Waals surface area contributed by atoms with Crippen LogP contribution >= 0.6 is 0 Å². The number of anilines is 1. The van der Waals surface area contributed by atoms with E-state index in [1.54, 1.807) is 19.3 Å². The van der Waals surface area contributed by atoms with E-state index in [1.807, 2.05) is 84.9 Å². The predicted octanol–water partition coefficient (Wildman–Crippen LogP) is 5.66. The Bertz CT molecular complexity index is 1070. The maximum Gasteiger partial charge on any atom is 0.246 e. The van der Waals surface area contributed by atoms with E-state index in [1.165, 1.54) is 0 Å². The number of amides is 1. The zero-order valence-electron chi connectivity index (χ0n) is 18.1. The molecule has 162 valence electrons. The first-order valence-electron chi connectivity index (χ1n) is 10.4. The zero-order valence-corrected chi connectivity index (χ0v) is 18.1. The van der Waals surface area contributed by atoms with Crippen molar-refractivity contribution < 1.29 is 9.53 Å². The molecule has 0 radical (unpaired) electrons. The van der Waals surface area contributed by atoms with E-state index in [0.29, 0.717) is 23.6 Å². The highest BCUT2D eigenvalue weighted by Gasteiger charge is 2.03. The molecule has 0 aromatic heterocycles. The van der Waals surface area contributed by atoms with Gasteiger partial charge < -0.3 is 15.4 Å².